The molecule has 1 nitrogen and oxygen atoms in total. The van der Waals surface area contributed by atoms with Crippen molar-refractivity contribution in [3.63, 3.8) is 0 Å². The minimum absolute atomic E-state index is 0.329. The Balaban J connectivity index is 2.27. The van der Waals surface area contributed by atoms with Crippen LogP contribution in [0.4, 0.5) is 0 Å². The van der Waals surface area contributed by atoms with Crippen molar-refractivity contribution >= 4 is 0 Å². The molecule has 0 aromatic carbocycles. The van der Waals surface area contributed by atoms with E-state index in [4.69, 9.17) is 0 Å². The molecular formula is C20H34O. The molecule has 0 aromatic rings. The van der Waals surface area contributed by atoms with E-state index in [0.717, 1.165) is 24.7 Å². The molecule has 2 aliphatic carbocycles. The monoisotopic (exact) mass is 290 g/mol. The molecule has 1 heteroatoms. The molecular weight excluding hydrogens is 256 g/mol. The number of allylic oxidation sites excluding steroid dienone is 2. The van der Waals surface area contributed by atoms with Crippen LogP contribution in [-0.4, -0.2) is 10.7 Å². The van der Waals surface area contributed by atoms with Crippen molar-refractivity contribution in [3.8, 4) is 0 Å². The Hall–Kier alpha value is -0.560. The fourth-order valence-corrected chi connectivity index (χ4v) is 4.96. The van der Waals surface area contributed by atoms with Gasteiger partial charge in [-0.2, -0.15) is 0 Å². The van der Waals surface area contributed by atoms with Crippen LogP contribution in [0.2, 0.25) is 0 Å². The summed E-state index contributed by atoms with van der Waals surface area (Å²) in [5.41, 5.74) is 1.58. The normalized spacial score (nSPS) is 42.7. The predicted octanol–water partition coefficient (Wildman–Crippen LogP) is 5.50. The highest BCUT2D eigenvalue weighted by Crippen LogP contribution is 2.61. The van der Waals surface area contributed by atoms with Crippen molar-refractivity contribution in [2.75, 3.05) is 0 Å². The summed E-state index contributed by atoms with van der Waals surface area (Å²) in [5.74, 6) is 1.49. The van der Waals surface area contributed by atoms with Crippen LogP contribution in [0.3, 0.4) is 0 Å². The number of fused-ring (bicyclic) bond motifs is 1. The Kier molecular flexibility index (Phi) is 4.46. The van der Waals surface area contributed by atoms with Gasteiger partial charge in [0.05, 0.1) is 5.60 Å². The first kappa shape index (κ1) is 16.8. The number of hydrogen-bond donors (Lipinski definition) is 1. The quantitative estimate of drug-likeness (QED) is 0.678. The highest BCUT2D eigenvalue weighted by molar-refractivity contribution is 5.20. The Morgan fingerprint density at radius 2 is 2.10 bits per heavy atom. The Bertz CT molecular complexity index is 433. The molecule has 2 aliphatic rings. The zero-order valence-corrected chi connectivity index (χ0v) is 14.7. The van der Waals surface area contributed by atoms with E-state index in [1.165, 1.54) is 25.7 Å². The standard InChI is InChI=1S/C20H34O/c1-7-18(4,21)13-14-20(6)16(3)11-12-19(5)15(2)9-8-10-17(19)20/h7,9,16-17,21H,1,8,10-14H2,2-6H3/t16-,17-,18+,19+,20+/m1/s1. The molecule has 0 aliphatic heterocycles. The maximum atomic E-state index is 10.3. The molecule has 120 valence electrons. The molecule has 2 rings (SSSR count). The molecule has 0 bridgehead atoms. The summed E-state index contributed by atoms with van der Waals surface area (Å²) in [6.45, 7) is 15.4. The summed E-state index contributed by atoms with van der Waals surface area (Å²) in [4.78, 5) is 0. The van der Waals surface area contributed by atoms with Crippen molar-refractivity contribution in [1.29, 1.82) is 0 Å². The van der Waals surface area contributed by atoms with Gasteiger partial charge in [-0.3, -0.25) is 0 Å². The first-order valence-corrected chi connectivity index (χ1v) is 8.69. The Labute approximate surface area is 131 Å². The second-order valence-electron chi connectivity index (χ2n) is 8.44. The molecule has 0 spiro atoms. The van der Waals surface area contributed by atoms with Gasteiger partial charge < -0.3 is 5.11 Å². The summed E-state index contributed by atoms with van der Waals surface area (Å²) >= 11 is 0. The molecule has 5 atom stereocenters. The SMILES string of the molecule is C=C[C@](C)(O)CC[C@@]1(C)[C@H](C)CC[C@@]2(C)C(C)=CCC[C@@H]12. The summed E-state index contributed by atoms with van der Waals surface area (Å²) in [5, 5.41) is 10.3. The lowest BCUT2D eigenvalue weighted by Gasteiger charge is -2.58. The van der Waals surface area contributed by atoms with Crippen LogP contribution in [0.5, 0.6) is 0 Å². The largest absolute Gasteiger partial charge is 0.386 e. The van der Waals surface area contributed by atoms with E-state index < -0.39 is 5.60 Å². The van der Waals surface area contributed by atoms with Crippen LogP contribution < -0.4 is 0 Å². The van der Waals surface area contributed by atoms with Gasteiger partial charge in [-0.25, -0.2) is 0 Å². The summed E-state index contributed by atoms with van der Waals surface area (Å²) in [7, 11) is 0. The molecule has 0 heterocycles. The lowest BCUT2D eigenvalue weighted by molar-refractivity contribution is -0.0582. The van der Waals surface area contributed by atoms with Crippen molar-refractivity contribution < 1.29 is 5.11 Å². The summed E-state index contributed by atoms with van der Waals surface area (Å²) < 4.78 is 0. The third kappa shape index (κ3) is 2.86. The third-order valence-electron chi connectivity index (χ3n) is 7.20. The van der Waals surface area contributed by atoms with Crippen molar-refractivity contribution in [3.05, 3.63) is 24.3 Å². The molecule has 1 N–H and O–H groups in total. The molecule has 0 radical (unpaired) electrons. The van der Waals surface area contributed by atoms with Gasteiger partial charge >= 0.3 is 0 Å². The van der Waals surface area contributed by atoms with Gasteiger partial charge in [0.15, 0.2) is 0 Å². The lowest BCUT2D eigenvalue weighted by Crippen LogP contribution is -2.50. The van der Waals surface area contributed by atoms with Gasteiger partial charge in [0, 0.05) is 0 Å². The van der Waals surface area contributed by atoms with Gasteiger partial charge in [-0.15, -0.1) is 6.58 Å². The molecule has 0 aromatic heterocycles. The third-order valence-corrected chi connectivity index (χ3v) is 7.20. The van der Waals surface area contributed by atoms with Gasteiger partial charge in [-0.05, 0) is 75.0 Å². The van der Waals surface area contributed by atoms with E-state index in [0.29, 0.717) is 10.8 Å². The average molecular weight is 290 g/mol. The zero-order valence-electron chi connectivity index (χ0n) is 14.7. The summed E-state index contributed by atoms with van der Waals surface area (Å²) in [6, 6.07) is 0. The van der Waals surface area contributed by atoms with Gasteiger partial charge in [-0.1, -0.05) is 38.5 Å². The van der Waals surface area contributed by atoms with Crippen molar-refractivity contribution in [1.82, 2.24) is 0 Å². The molecule has 1 fully saturated rings. The van der Waals surface area contributed by atoms with Crippen LogP contribution in [0, 0.1) is 22.7 Å². The zero-order chi connectivity index (χ0) is 15.9. The maximum Gasteiger partial charge on any atom is 0.0797 e. The van der Waals surface area contributed by atoms with Crippen molar-refractivity contribution in [2.24, 2.45) is 22.7 Å². The first-order valence-electron chi connectivity index (χ1n) is 8.69. The van der Waals surface area contributed by atoms with E-state index in [1.54, 1.807) is 11.6 Å². The van der Waals surface area contributed by atoms with Crippen LogP contribution in [0.25, 0.3) is 0 Å². The van der Waals surface area contributed by atoms with E-state index in [2.05, 4.69) is 40.3 Å². The van der Waals surface area contributed by atoms with Crippen LogP contribution >= 0.6 is 0 Å². The molecule has 21 heavy (non-hydrogen) atoms. The highest BCUT2D eigenvalue weighted by Gasteiger charge is 2.53. The smallest absolute Gasteiger partial charge is 0.0797 e. The van der Waals surface area contributed by atoms with Gasteiger partial charge in [0.25, 0.3) is 0 Å². The van der Waals surface area contributed by atoms with Crippen LogP contribution in [0.1, 0.15) is 73.1 Å². The first-order chi connectivity index (χ1) is 9.66. The van der Waals surface area contributed by atoms with E-state index in [-0.39, 0.29) is 0 Å². The maximum absolute atomic E-state index is 10.3. The van der Waals surface area contributed by atoms with Gasteiger partial charge in [0.2, 0.25) is 0 Å². The predicted molar refractivity (Wildman–Crippen MR) is 91.1 cm³/mol. The molecule has 0 saturated heterocycles. The number of aliphatic hydroxyl groups is 1. The fourth-order valence-electron chi connectivity index (χ4n) is 4.96. The number of rotatable bonds is 4. The van der Waals surface area contributed by atoms with Crippen LogP contribution in [-0.2, 0) is 0 Å². The van der Waals surface area contributed by atoms with E-state index >= 15 is 0 Å². The topological polar surface area (TPSA) is 20.2 Å². The van der Waals surface area contributed by atoms with E-state index in [1.807, 2.05) is 6.92 Å². The number of hydrogen-bond acceptors (Lipinski definition) is 1. The summed E-state index contributed by atoms with van der Waals surface area (Å²) in [6.07, 6.45) is 11.3. The second kappa shape index (κ2) is 5.57. The van der Waals surface area contributed by atoms with E-state index in [9.17, 15) is 5.11 Å². The highest BCUT2D eigenvalue weighted by atomic mass is 16.3. The Morgan fingerprint density at radius 1 is 1.43 bits per heavy atom. The minimum atomic E-state index is -0.726. The average Bonchev–Trinajstić information content (AvgIpc) is 2.44. The second-order valence-corrected chi connectivity index (χ2v) is 8.44. The lowest BCUT2D eigenvalue weighted by atomic mass is 9.47. The van der Waals surface area contributed by atoms with Crippen LogP contribution in [0.15, 0.2) is 24.3 Å². The fraction of sp³-hybridized carbons (Fsp3) is 0.800. The van der Waals surface area contributed by atoms with Crippen molar-refractivity contribution in [2.45, 2.75) is 78.7 Å². The minimum Gasteiger partial charge on any atom is -0.386 e. The molecule has 0 unspecified atom stereocenters. The molecule has 1 saturated carbocycles. The van der Waals surface area contributed by atoms with Gasteiger partial charge in [0.1, 0.15) is 0 Å². The molecule has 0 amide bonds. The Morgan fingerprint density at radius 3 is 2.71 bits per heavy atom.